The third-order valence-electron chi connectivity index (χ3n) is 3.33. The summed E-state index contributed by atoms with van der Waals surface area (Å²) in [6.07, 6.45) is 3.36. The Morgan fingerprint density at radius 1 is 1.53 bits per heavy atom. The van der Waals surface area contributed by atoms with Crippen LogP contribution in [0.15, 0.2) is 0 Å². The van der Waals surface area contributed by atoms with Crippen LogP contribution in [0.1, 0.15) is 53.4 Å². The van der Waals surface area contributed by atoms with Crippen molar-refractivity contribution in [1.29, 1.82) is 0 Å². The van der Waals surface area contributed by atoms with Gasteiger partial charge in [-0.1, -0.05) is 0 Å². The van der Waals surface area contributed by atoms with E-state index in [1.807, 2.05) is 13.8 Å². The van der Waals surface area contributed by atoms with Gasteiger partial charge in [0.25, 0.3) is 0 Å². The highest BCUT2D eigenvalue weighted by atomic mass is 16.6. The summed E-state index contributed by atoms with van der Waals surface area (Å²) in [6.45, 7) is 8.90. The average molecular weight is 243 g/mol. The van der Waals surface area contributed by atoms with Crippen LogP contribution in [-0.4, -0.2) is 23.9 Å². The van der Waals surface area contributed by atoms with Crippen LogP contribution in [0, 0.1) is 5.92 Å². The average Bonchev–Trinajstić information content (AvgIpc) is 2.11. The fourth-order valence-corrected chi connectivity index (χ4v) is 2.48. The van der Waals surface area contributed by atoms with E-state index in [-0.39, 0.29) is 5.60 Å². The van der Waals surface area contributed by atoms with Crippen molar-refractivity contribution in [2.45, 2.75) is 64.6 Å². The zero-order valence-corrected chi connectivity index (χ0v) is 11.4. The number of hydrogen-bond donors (Lipinski definition) is 1. The summed E-state index contributed by atoms with van der Waals surface area (Å²) in [6, 6.07) is 0. The molecular formula is C13H25NO3. The molecule has 4 nitrogen and oxygen atoms in total. The smallest absolute Gasteiger partial charge is 0.405 e. The number of amides is 1. The van der Waals surface area contributed by atoms with E-state index in [4.69, 9.17) is 15.2 Å². The Hall–Kier alpha value is -0.770. The van der Waals surface area contributed by atoms with Gasteiger partial charge in [-0.05, 0) is 59.3 Å². The van der Waals surface area contributed by atoms with Crippen LogP contribution in [0.2, 0.25) is 0 Å². The SMILES string of the molecule is CC1(C)CC(CCC(C)(C)OC(N)=O)CCO1. The number of carbonyl (C=O) groups excluding carboxylic acids is 1. The van der Waals surface area contributed by atoms with E-state index in [0.717, 1.165) is 32.3 Å². The van der Waals surface area contributed by atoms with Gasteiger partial charge in [-0.2, -0.15) is 0 Å². The summed E-state index contributed by atoms with van der Waals surface area (Å²) in [5, 5.41) is 0. The first kappa shape index (κ1) is 14.3. The maximum atomic E-state index is 10.7. The molecule has 0 aromatic rings. The van der Waals surface area contributed by atoms with Crippen LogP contribution < -0.4 is 5.73 Å². The molecule has 1 heterocycles. The second-order valence-electron chi connectivity index (χ2n) is 6.19. The molecule has 100 valence electrons. The summed E-state index contributed by atoms with van der Waals surface area (Å²) in [5.41, 5.74) is 4.57. The van der Waals surface area contributed by atoms with E-state index in [0.29, 0.717) is 5.92 Å². The number of hydrogen-bond acceptors (Lipinski definition) is 3. The van der Waals surface area contributed by atoms with E-state index < -0.39 is 11.7 Å². The molecule has 4 heteroatoms. The van der Waals surface area contributed by atoms with E-state index in [2.05, 4.69) is 13.8 Å². The maximum absolute atomic E-state index is 10.7. The summed E-state index contributed by atoms with van der Waals surface area (Å²) >= 11 is 0. The minimum Gasteiger partial charge on any atom is -0.444 e. The zero-order chi connectivity index (χ0) is 13.1. The monoisotopic (exact) mass is 243 g/mol. The molecule has 0 bridgehead atoms. The molecule has 0 saturated carbocycles. The predicted octanol–water partition coefficient (Wildman–Crippen LogP) is 2.85. The lowest BCUT2D eigenvalue weighted by Gasteiger charge is -2.36. The van der Waals surface area contributed by atoms with Crippen LogP contribution in [0.4, 0.5) is 4.79 Å². The lowest BCUT2D eigenvalue weighted by Crippen LogP contribution is -2.36. The van der Waals surface area contributed by atoms with Crippen molar-refractivity contribution in [2.24, 2.45) is 11.7 Å². The van der Waals surface area contributed by atoms with Gasteiger partial charge >= 0.3 is 6.09 Å². The molecule has 2 N–H and O–H groups in total. The third kappa shape index (κ3) is 5.39. The fraction of sp³-hybridized carbons (Fsp3) is 0.923. The van der Waals surface area contributed by atoms with Crippen LogP contribution in [-0.2, 0) is 9.47 Å². The Bertz CT molecular complexity index is 274. The first-order valence-electron chi connectivity index (χ1n) is 6.33. The second-order valence-corrected chi connectivity index (χ2v) is 6.19. The molecule has 1 saturated heterocycles. The predicted molar refractivity (Wildman–Crippen MR) is 66.7 cm³/mol. The van der Waals surface area contributed by atoms with Gasteiger partial charge < -0.3 is 15.2 Å². The Morgan fingerprint density at radius 2 is 2.18 bits per heavy atom. The molecule has 1 fully saturated rings. The number of rotatable bonds is 4. The summed E-state index contributed by atoms with van der Waals surface area (Å²) in [7, 11) is 0. The normalized spacial score (nSPS) is 24.4. The van der Waals surface area contributed by atoms with Crippen molar-refractivity contribution < 1.29 is 14.3 Å². The molecule has 1 rings (SSSR count). The van der Waals surface area contributed by atoms with Crippen molar-refractivity contribution in [2.75, 3.05) is 6.61 Å². The quantitative estimate of drug-likeness (QED) is 0.825. The summed E-state index contributed by atoms with van der Waals surface area (Å²) in [4.78, 5) is 10.7. The van der Waals surface area contributed by atoms with Gasteiger partial charge in [0.2, 0.25) is 0 Å². The molecular weight excluding hydrogens is 218 g/mol. The Labute approximate surface area is 104 Å². The molecule has 1 aliphatic rings. The maximum Gasteiger partial charge on any atom is 0.405 e. The first-order valence-corrected chi connectivity index (χ1v) is 6.33. The van der Waals surface area contributed by atoms with Gasteiger partial charge in [0.15, 0.2) is 0 Å². The number of primary amides is 1. The van der Waals surface area contributed by atoms with Gasteiger partial charge in [-0.25, -0.2) is 4.79 Å². The van der Waals surface area contributed by atoms with Crippen molar-refractivity contribution in [3.05, 3.63) is 0 Å². The van der Waals surface area contributed by atoms with Gasteiger partial charge in [0, 0.05) is 6.61 Å². The highest BCUT2D eigenvalue weighted by molar-refractivity contribution is 5.65. The van der Waals surface area contributed by atoms with E-state index in [1.54, 1.807) is 0 Å². The standard InChI is InChI=1S/C13H25NO3/c1-12(2,17-11(14)15)7-5-10-6-8-16-13(3,4)9-10/h10H,5-9H2,1-4H3,(H2,14,15). The van der Waals surface area contributed by atoms with Crippen LogP contribution in [0.3, 0.4) is 0 Å². The fourth-order valence-electron chi connectivity index (χ4n) is 2.48. The molecule has 0 spiro atoms. The molecule has 0 radical (unpaired) electrons. The third-order valence-corrected chi connectivity index (χ3v) is 3.33. The van der Waals surface area contributed by atoms with E-state index in [9.17, 15) is 4.79 Å². The molecule has 1 aliphatic heterocycles. The minimum absolute atomic E-state index is 0.0163. The molecule has 0 aromatic heterocycles. The zero-order valence-electron chi connectivity index (χ0n) is 11.4. The lowest BCUT2D eigenvalue weighted by molar-refractivity contribution is -0.0769. The first-order chi connectivity index (χ1) is 7.70. The minimum atomic E-state index is -0.692. The van der Waals surface area contributed by atoms with E-state index >= 15 is 0 Å². The van der Waals surface area contributed by atoms with Crippen molar-refractivity contribution in [3.63, 3.8) is 0 Å². The number of nitrogens with two attached hydrogens (primary N) is 1. The molecule has 0 aromatic carbocycles. The van der Waals surface area contributed by atoms with E-state index in [1.165, 1.54) is 0 Å². The van der Waals surface area contributed by atoms with Crippen LogP contribution in [0.5, 0.6) is 0 Å². The second kappa shape index (κ2) is 5.25. The highest BCUT2D eigenvalue weighted by Gasteiger charge is 2.30. The molecule has 1 atom stereocenters. The summed E-state index contributed by atoms with van der Waals surface area (Å²) < 4.78 is 10.8. The molecule has 1 amide bonds. The van der Waals surface area contributed by atoms with Gasteiger partial charge in [0.05, 0.1) is 5.60 Å². The topological polar surface area (TPSA) is 61.5 Å². The number of carbonyl (C=O) groups is 1. The van der Waals surface area contributed by atoms with Crippen LogP contribution in [0.25, 0.3) is 0 Å². The van der Waals surface area contributed by atoms with Gasteiger partial charge in [0.1, 0.15) is 5.60 Å². The molecule has 1 unspecified atom stereocenters. The van der Waals surface area contributed by atoms with Crippen molar-refractivity contribution in [3.8, 4) is 0 Å². The Morgan fingerprint density at radius 3 is 2.71 bits per heavy atom. The highest BCUT2D eigenvalue weighted by Crippen LogP contribution is 2.33. The Kier molecular flexibility index (Phi) is 4.42. The number of ether oxygens (including phenoxy) is 2. The lowest BCUT2D eigenvalue weighted by atomic mass is 9.83. The molecule has 17 heavy (non-hydrogen) atoms. The Balaban J connectivity index is 2.37. The van der Waals surface area contributed by atoms with Gasteiger partial charge in [-0.15, -0.1) is 0 Å². The van der Waals surface area contributed by atoms with Crippen LogP contribution >= 0.6 is 0 Å². The largest absolute Gasteiger partial charge is 0.444 e. The van der Waals surface area contributed by atoms with Crippen molar-refractivity contribution in [1.82, 2.24) is 0 Å². The van der Waals surface area contributed by atoms with Crippen molar-refractivity contribution >= 4 is 6.09 Å². The summed E-state index contributed by atoms with van der Waals surface area (Å²) in [5.74, 6) is 0.648. The van der Waals surface area contributed by atoms with Gasteiger partial charge in [-0.3, -0.25) is 0 Å². The molecule has 0 aliphatic carbocycles.